The van der Waals surface area contributed by atoms with Gasteiger partial charge >= 0.3 is 0 Å². The predicted molar refractivity (Wildman–Crippen MR) is 88.6 cm³/mol. The molecule has 2 N–H and O–H groups in total. The molecule has 0 radical (unpaired) electrons. The molecule has 126 valence electrons. The van der Waals surface area contributed by atoms with Gasteiger partial charge in [0.1, 0.15) is 11.7 Å². The van der Waals surface area contributed by atoms with Gasteiger partial charge in [-0.25, -0.2) is 4.39 Å². The Morgan fingerprint density at radius 2 is 2.25 bits per heavy atom. The Morgan fingerprint density at radius 3 is 2.92 bits per heavy atom. The summed E-state index contributed by atoms with van der Waals surface area (Å²) < 4.78 is 13.7. The molecule has 0 saturated carbocycles. The highest BCUT2D eigenvalue weighted by Crippen LogP contribution is 2.22. The van der Waals surface area contributed by atoms with Crippen molar-refractivity contribution in [1.29, 1.82) is 0 Å². The SMILES string of the molecule is CNC[C@@H]1C[C@H](F)CN1C(=O)c1ccc(-c2ccccn2)[nH]c1=O. The molecule has 0 unspecified atom stereocenters. The van der Waals surface area contributed by atoms with Gasteiger partial charge < -0.3 is 15.2 Å². The molecule has 1 fully saturated rings. The van der Waals surface area contributed by atoms with Gasteiger partial charge in [0.2, 0.25) is 0 Å². The fourth-order valence-electron chi connectivity index (χ4n) is 3.01. The number of likely N-dealkylation sites (tertiary alicyclic amines) is 1. The second-order valence-corrected chi connectivity index (χ2v) is 5.83. The highest BCUT2D eigenvalue weighted by Gasteiger charge is 2.36. The van der Waals surface area contributed by atoms with Crippen LogP contribution in [-0.4, -0.2) is 53.1 Å². The summed E-state index contributed by atoms with van der Waals surface area (Å²) in [7, 11) is 1.75. The minimum absolute atomic E-state index is 0.0184. The van der Waals surface area contributed by atoms with Gasteiger partial charge in [0.05, 0.1) is 17.9 Å². The van der Waals surface area contributed by atoms with Gasteiger partial charge in [-0.1, -0.05) is 6.07 Å². The number of alkyl halides is 1. The van der Waals surface area contributed by atoms with Crippen LogP contribution in [0, 0.1) is 0 Å². The molecule has 0 aromatic carbocycles. The summed E-state index contributed by atoms with van der Waals surface area (Å²) in [6.07, 6.45) is 0.858. The summed E-state index contributed by atoms with van der Waals surface area (Å²) in [5, 5.41) is 2.96. The van der Waals surface area contributed by atoms with Crippen molar-refractivity contribution in [3.05, 3.63) is 52.4 Å². The Hall–Kier alpha value is -2.54. The average molecular weight is 330 g/mol. The van der Waals surface area contributed by atoms with Crippen molar-refractivity contribution in [1.82, 2.24) is 20.2 Å². The topological polar surface area (TPSA) is 78.1 Å². The molecule has 2 aromatic rings. The molecule has 1 amide bonds. The monoisotopic (exact) mass is 330 g/mol. The van der Waals surface area contributed by atoms with E-state index in [-0.39, 0.29) is 24.6 Å². The number of aromatic amines is 1. The minimum atomic E-state index is -1.06. The van der Waals surface area contributed by atoms with E-state index in [2.05, 4.69) is 15.3 Å². The quantitative estimate of drug-likeness (QED) is 0.883. The standard InChI is InChI=1S/C17H19FN4O2/c1-19-9-12-8-11(18)10-22(12)17(24)13-5-6-15(21-16(13)23)14-4-2-3-7-20-14/h2-7,11-12,19H,8-10H2,1H3,(H,21,23)/t11-,12-/m0/s1. The molecular weight excluding hydrogens is 311 g/mol. The number of hydrogen-bond donors (Lipinski definition) is 2. The average Bonchev–Trinajstić information content (AvgIpc) is 2.96. The predicted octanol–water partition coefficient (Wildman–Crippen LogP) is 1.21. The number of nitrogens with one attached hydrogen (secondary N) is 2. The highest BCUT2D eigenvalue weighted by molar-refractivity contribution is 5.94. The normalized spacial score (nSPS) is 20.3. The van der Waals surface area contributed by atoms with Crippen LogP contribution in [0.1, 0.15) is 16.8 Å². The number of nitrogens with zero attached hydrogens (tertiary/aromatic N) is 2. The fraction of sp³-hybridized carbons (Fsp3) is 0.353. The maximum Gasteiger partial charge on any atom is 0.261 e. The summed E-state index contributed by atoms with van der Waals surface area (Å²) in [6, 6.07) is 8.24. The van der Waals surface area contributed by atoms with Crippen LogP contribution in [0.2, 0.25) is 0 Å². The lowest BCUT2D eigenvalue weighted by molar-refractivity contribution is 0.0728. The van der Waals surface area contributed by atoms with Crippen molar-refractivity contribution < 1.29 is 9.18 Å². The molecule has 2 atom stereocenters. The summed E-state index contributed by atoms with van der Waals surface area (Å²) in [5.41, 5.74) is 0.680. The van der Waals surface area contributed by atoms with Crippen LogP contribution in [-0.2, 0) is 0 Å². The van der Waals surface area contributed by atoms with Crippen molar-refractivity contribution >= 4 is 5.91 Å². The Labute approximate surface area is 138 Å². The molecule has 3 heterocycles. The van der Waals surface area contributed by atoms with E-state index < -0.39 is 17.6 Å². The summed E-state index contributed by atoms with van der Waals surface area (Å²) >= 11 is 0. The van der Waals surface area contributed by atoms with Crippen LogP contribution >= 0.6 is 0 Å². The smallest absolute Gasteiger partial charge is 0.261 e. The number of hydrogen-bond acceptors (Lipinski definition) is 4. The molecule has 1 aliphatic rings. The lowest BCUT2D eigenvalue weighted by Crippen LogP contribution is -2.42. The third-order valence-electron chi connectivity index (χ3n) is 4.14. The number of carbonyl (C=O) groups is 1. The second-order valence-electron chi connectivity index (χ2n) is 5.83. The number of H-pyrrole nitrogens is 1. The van der Waals surface area contributed by atoms with Crippen molar-refractivity contribution in [2.75, 3.05) is 20.1 Å². The zero-order valence-corrected chi connectivity index (χ0v) is 13.3. The summed E-state index contributed by atoms with van der Waals surface area (Å²) in [5.74, 6) is -0.441. The lowest BCUT2D eigenvalue weighted by Gasteiger charge is -2.23. The zero-order chi connectivity index (χ0) is 17.1. The van der Waals surface area contributed by atoms with Crippen LogP contribution in [0.3, 0.4) is 0 Å². The van der Waals surface area contributed by atoms with Crippen LogP contribution in [0.4, 0.5) is 4.39 Å². The van der Waals surface area contributed by atoms with Gasteiger partial charge in [-0.05, 0) is 31.3 Å². The highest BCUT2D eigenvalue weighted by atomic mass is 19.1. The van der Waals surface area contributed by atoms with E-state index >= 15 is 0 Å². The number of carbonyl (C=O) groups excluding carboxylic acids is 1. The number of likely N-dealkylation sites (N-methyl/N-ethyl adjacent to an activating group) is 1. The largest absolute Gasteiger partial charge is 0.331 e. The maximum absolute atomic E-state index is 13.7. The number of rotatable bonds is 4. The number of aromatic nitrogens is 2. The van der Waals surface area contributed by atoms with E-state index in [0.29, 0.717) is 17.9 Å². The van der Waals surface area contributed by atoms with Crippen molar-refractivity contribution in [3.63, 3.8) is 0 Å². The molecule has 1 aliphatic heterocycles. The Bertz CT molecular complexity index is 778. The van der Waals surface area contributed by atoms with Gasteiger partial charge in [0.25, 0.3) is 11.5 Å². The van der Waals surface area contributed by atoms with E-state index in [0.717, 1.165) is 0 Å². The van der Waals surface area contributed by atoms with Gasteiger partial charge in [0, 0.05) is 25.2 Å². The summed E-state index contributed by atoms with van der Waals surface area (Å²) in [4.78, 5) is 33.2. The van der Waals surface area contributed by atoms with Crippen molar-refractivity contribution in [2.45, 2.75) is 18.6 Å². The third kappa shape index (κ3) is 3.21. The molecule has 24 heavy (non-hydrogen) atoms. The first-order chi connectivity index (χ1) is 11.6. The van der Waals surface area contributed by atoms with E-state index in [1.807, 2.05) is 6.07 Å². The van der Waals surface area contributed by atoms with Gasteiger partial charge in [-0.3, -0.25) is 14.6 Å². The molecule has 0 aliphatic carbocycles. The number of pyridine rings is 2. The third-order valence-corrected chi connectivity index (χ3v) is 4.14. The Balaban J connectivity index is 1.87. The Kier molecular flexibility index (Phi) is 4.71. The Morgan fingerprint density at radius 1 is 1.42 bits per heavy atom. The molecule has 0 spiro atoms. The molecule has 2 aromatic heterocycles. The van der Waals surface area contributed by atoms with Gasteiger partial charge in [-0.15, -0.1) is 0 Å². The van der Waals surface area contributed by atoms with E-state index in [4.69, 9.17) is 0 Å². The van der Waals surface area contributed by atoms with Gasteiger partial charge in [-0.2, -0.15) is 0 Å². The van der Waals surface area contributed by atoms with Crippen LogP contribution < -0.4 is 10.9 Å². The van der Waals surface area contributed by atoms with Crippen molar-refractivity contribution in [3.8, 4) is 11.4 Å². The minimum Gasteiger partial charge on any atom is -0.331 e. The first-order valence-electron chi connectivity index (χ1n) is 7.84. The molecule has 1 saturated heterocycles. The number of halogens is 1. The van der Waals surface area contributed by atoms with Crippen LogP contribution in [0.25, 0.3) is 11.4 Å². The zero-order valence-electron chi connectivity index (χ0n) is 13.3. The van der Waals surface area contributed by atoms with Crippen LogP contribution in [0.15, 0.2) is 41.3 Å². The van der Waals surface area contributed by atoms with E-state index in [1.165, 1.54) is 11.0 Å². The lowest BCUT2D eigenvalue weighted by atomic mass is 10.1. The molecular formula is C17H19FN4O2. The fourth-order valence-corrected chi connectivity index (χ4v) is 3.01. The summed E-state index contributed by atoms with van der Waals surface area (Å²) in [6.45, 7) is 0.517. The van der Waals surface area contributed by atoms with E-state index in [1.54, 1.807) is 31.4 Å². The van der Waals surface area contributed by atoms with Crippen LogP contribution in [0.5, 0.6) is 0 Å². The first-order valence-corrected chi connectivity index (χ1v) is 7.84. The van der Waals surface area contributed by atoms with Gasteiger partial charge in [0.15, 0.2) is 0 Å². The number of amides is 1. The molecule has 6 nitrogen and oxygen atoms in total. The van der Waals surface area contributed by atoms with E-state index in [9.17, 15) is 14.0 Å². The first kappa shape index (κ1) is 16.3. The maximum atomic E-state index is 13.7. The molecule has 7 heteroatoms. The van der Waals surface area contributed by atoms with Crippen molar-refractivity contribution in [2.24, 2.45) is 0 Å². The molecule has 3 rings (SSSR count). The second kappa shape index (κ2) is 6.92. The molecule has 0 bridgehead atoms.